The van der Waals surface area contributed by atoms with Gasteiger partial charge in [0.05, 0.1) is 0 Å². The van der Waals surface area contributed by atoms with Gasteiger partial charge in [-0.1, -0.05) is 171 Å². The number of cyclic esters (lactones) is 1. The molecule has 4 aromatic carbocycles. The number of esters is 1. The van der Waals surface area contributed by atoms with Gasteiger partial charge in [-0.25, -0.2) is 4.79 Å². The van der Waals surface area contributed by atoms with Gasteiger partial charge in [-0.3, -0.25) is 38.4 Å². The third kappa shape index (κ3) is 20.2. The molecular formula is C69H96N8O12. The zero-order valence-corrected chi connectivity index (χ0v) is 54.1. The summed E-state index contributed by atoms with van der Waals surface area (Å²) in [5, 5.41) is 30.0. The molecule has 1 unspecified atom stereocenters. The van der Waals surface area contributed by atoms with Crippen LogP contribution in [0.25, 0.3) is 0 Å². The molecule has 10 atom stereocenters. The fraction of sp³-hybridized carbons (Fsp3) is 0.522. The molecule has 20 nitrogen and oxygen atoms in total. The topological polar surface area (TPSA) is 280 Å². The number of hydrogen-bond acceptors (Lipinski definition) is 12. The molecule has 20 heteroatoms. The van der Waals surface area contributed by atoms with Crippen LogP contribution in [0.4, 0.5) is 0 Å². The van der Waals surface area contributed by atoms with Crippen molar-refractivity contribution in [2.24, 2.45) is 23.7 Å². The molecule has 8 N–H and O–H groups in total. The number of ether oxygens (including phenoxy) is 2. The van der Waals surface area contributed by atoms with E-state index in [4.69, 9.17) is 9.47 Å². The predicted octanol–water partition coefficient (Wildman–Crippen LogP) is 6.54. The molecule has 8 amide bonds. The maximum Gasteiger partial charge on any atom is 0.329 e. The van der Waals surface area contributed by atoms with Crippen LogP contribution in [0.15, 0.2) is 115 Å². The Bertz CT molecular complexity index is 2900. The Morgan fingerprint density at radius 1 is 0.663 bits per heavy atom. The van der Waals surface area contributed by atoms with E-state index in [2.05, 4.69) is 37.2 Å². The first kappa shape index (κ1) is 71.6. The highest BCUT2D eigenvalue weighted by atomic mass is 16.5. The number of benzene rings is 4. The highest BCUT2D eigenvalue weighted by Crippen LogP contribution is 2.37. The van der Waals surface area contributed by atoms with E-state index in [1.807, 2.05) is 119 Å². The van der Waals surface area contributed by atoms with Gasteiger partial charge in [0.15, 0.2) is 0 Å². The van der Waals surface area contributed by atoms with E-state index < -0.39 is 131 Å². The van der Waals surface area contributed by atoms with Gasteiger partial charge in [-0.2, -0.15) is 0 Å². The van der Waals surface area contributed by atoms with Crippen LogP contribution in [0.3, 0.4) is 0 Å². The van der Waals surface area contributed by atoms with E-state index in [0.717, 1.165) is 16.7 Å². The summed E-state index contributed by atoms with van der Waals surface area (Å²) in [6.07, 6.45) is -1.49. The number of rotatable bonds is 23. The molecule has 484 valence electrons. The lowest BCUT2D eigenvalue weighted by Crippen LogP contribution is -2.62. The molecule has 0 bridgehead atoms. The van der Waals surface area contributed by atoms with Gasteiger partial charge < -0.3 is 56.7 Å². The quantitative estimate of drug-likeness (QED) is 0.0290. The molecule has 0 saturated carbocycles. The minimum absolute atomic E-state index is 0.00793. The van der Waals surface area contributed by atoms with Gasteiger partial charge in [-0.05, 0) is 106 Å². The number of nitrogens with zero attached hydrogens (tertiary/aromatic N) is 1. The Morgan fingerprint density at radius 3 is 1.66 bits per heavy atom. The molecule has 4 aromatic rings. The van der Waals surface area contributed by atoms with Crippen LogP contribution in [-0.2, 0) is 59.8 Å². The summed E-state index contributed by atoms with van der Waals surface area (Å²) in [7, 11) is 1.44. The maximum absolute atomic E-state index is 15.1. The highest BCUT2D eigenvalue weighted by Gasteiger charge is 2.43. The largest absolute Gasteiger partial charge is 0.488 e. The minimum Gasteiger partial charge on any atom is -0.488 e. The van der Waals surface area contributed by atoms with Gasteiger partial charge in [0.1, 0.15) is 65.3 Å². The lowest BCUT2D eigenvalue weighted by Gasteiger charge is -2.37. The van der Waals surface area contributed by atoms with Crippen LogP contribution < -0.4 is 42.0 Å². The van der Waals surface area contributed by atoms with E-state index >= 15 is 14.4 Å². The number of aliphatic hydroxyl groups excluding tert-OH is 1. The third-order valence-electron chi connectivity index (χ3n) is 16.2. The smallest absolute Gasteiger partial charge is 0.329 e. The zero-order valence-electron chi connectivity index (χ0n) is 54.1. The summed E-state index contributed by atoms with van der Waals surface area (Å²) < 4.78 is 12.2. The van der Waals surface area contributed by atoms with E-state index in [1.54, 1.807) is 72.7 Å². The molecule has 5 rings (SSSR count). The van der Waals surface area contributed by atoms with Crippen molar-refractivity contribution in [2.75, 3.05) is 13.7 Å². The molecule has 0 aliphatic carbocycles. The van der Waals surface area contributed by atoms with Crippen LogP contribution >= 0.6 is 0 Å². The van der Waals surface area contributed by atoms with Gasteiger partial charge in [0, 0.05) is 32.4 Å². The van der Waals surface area contributed by atoms with Crippen molar-refractivity contribution in [2.45, 2.75) is 194 Å². The molecule has 1 saturated heterocycles. The second-order valence-electron chi connectivity index (χ2n) is 25.2. The maximum atomic E-state index is 15.1. The summed E-state index contributed by atoms with van der Waals surface area (Å²) in [5.74, 6) is -8.34. The summed E-state index contributed by atoms with van der Waals surface area (Å²) in [5.41, 5.74) is 1.14. The standard InChI is InChI=1S/C69H96N8O12/c1-14-44(7)57-66(86)77(13)55(41-47-33-35-51(36-34-47)89-68(10,11)12)64(84)74-58(45(8)15-2)67(87)88-46(9)59(65(85)72-54(40-42(3)4)63(83)71-52(32-25-39-78)61(81)73-57)75-62(82)53(70-60(80)43(5)6)37-38-56(79)76-69(48-26-19-16-20-27-48,49-28-21-17-22-29-49)50-30-23-18-24-31-50/h16-24,26-31,33-36,42-46,52-55,57-59,78H,14-15,25,32,37-41H2,1-13H3,(H,70,80)(H,71,83)(H,72,85)(H,73,81)(H,74,84)(H,75,82)(H,76,79)/t44-,45-,46+,52-,53?,54-,55-,57-,58-,59-/m0/s1. The van der Waals surface area contributed by atoms with Crippen molar-refractivity contribution >= 4 is 53.2 Å². The Morgan fingerprint density at radius 2 is 1.17 bits per heavy atom. The van der Waals surface area contributed by atoms with Crippen LogP contribution in [0, 0.1) is 23.7 Å². The van der Waals surface area contributed by atoms with Crippen LogP contribution in [0.5, 0.6) is 5.75 Å². The van der Waals surface area contributed by atoms with Crippen molar-refractivity contribution in [3.05, 3.63) is 138 Å². The summed E-state index contributed by atoms with van der Waals surface area (Å²) >= 11 is 0. The van der Waals surface area contributed by atoms with Gasteiger partial charge in [-0.15, -0.1) is 0 Å². The van der Waals surface area contributed by atoms with Gasteiger partial charge in [0.25, 0.3) is 0 Å². The number of carbonyl (C=O) groups is 9. The molecule has 0 spiro atoms. The first-order valence-corrected chi connectivity index (χ1v) is 31.3. The second-order valence-corrected chi connectivity index (χ2v) is 25.2. The third-order valence-corrected chi connectivity index (χ3v) is 16.2. The molecule has 1 heterocycles. The lowest BCUT2D eigenvalue weighted by atomic mass is 9.77. The number of likely N-dealkylation sites (N-methyl/N-ethyl adjacent to an activating group) is 1. The molecule has 89 heavy (non-hydrogen) atoms. The molecule has 1 aliphatic heterocycles. The average molecular weight is 1230 g/mol. The summed E-state index contributed by atoms with van der Waals surface area (Å²) in [6, 6.07) is 25.4. The number of aliphatic hydroxyl groups is 1. The SMILES string of the molecule is CC[C@H](C)[C@@H]1NC(=O)[C@H](Cc2ccc(OC(C)(C)C)cc2)N(C)C(=O)[C@H]([C@@H](C)CC)NC(=O)[C@H](CCCO)NC(=O)[C@H](CC(C)C)NC(=O)[C@@H](NC(=O)C(CCC(=O)NC(c2ccccc2)(c2ccccc2)c2ccccc2)NC(=O)C(C)C)[C@@H](C)OC1=O. The van der Waals surface area contributed by atoms with E-state index in [1.165, 1.54) is 18.9 Å². The highest BCUT2D eigenvalue weighted by molar-refractivity contribution is 5.98. The molecule has 0 aromatic heterocycles. The van der Waals surface area contributed by atoms with E-state index in [9.17, 15) is 33.9 Å². The Labute approximate surface area is 525 Å². The second kappa shape index (κ2) is 33.5. The number of nitrogens with one attached hydrogen (secondary N) is 7. The molecule has 1 aliphatic rings. The summed E-state index contributed by atoms with van der Waals surface area (Å²) in [6.45, 7) is 20.7. The van der Waals surface area contributed by atoms with Crippen molar-refractivity contribution < 1.29 is 57.7 Å². The zero-order chi connectivity index (χ0) is 65.8. The fourth-order valence-corrected chi connectivity index (χ4v) is 10.6. The van der Waals surface area contributed by atoms with Gasteiger partial charge >= 0.3 is 5.97 Å². The monoisotopic (exact) mass is 1230 g/mol. The fourth-order valence-electron chi connectivity index (χ4n) is 10.6. The number of carbonyl (C=O) groups excluding carboxylic acids is 9. The first-order chi connectivity index (χ1) is 42.1. The van der Waals surface area contributed by atoms with Crippen molar-refractivity contribution in [3.63, 3.8) is 0 Å². The van der Waals surface area contributed by atoms with Gasteiger partial charge in [0.2, 0.25) is 47.3 Å². The molecule has 1 fully saturated rings. The van der Waals surface area contributed by atoms with Crippen molar-refractivity contribution in [1.82, 2.24) is 42.1 Å². The lowest BCUT2D eigenvalue weighted by molar-refractivity contribution is -0.158. The van der Waals surface area contributed by atoms with E-state index in [0.29, 0.717) is 24.2 Å². The van der Waals surface area contributed by atoms with Crippen molar-refractivity contribution in [3.8, 4) is 5.75 Å². The number of amides is 8. The Hall–Kier alpha value is -8.13. The Kier molecular flexibility index (Phi) is 26.9. The minimum atomic E-state index is -1.80. The Balaban J connectivity index is 1.60. The molecular weight excluding hydrogens is 1130 g/mol. The molecule has 0 radical (unpaired) electrons. The van der Waals surface area contributed by atoms with E-state index in [-0.39, 0.29) is 51.0 Å². The predicted molar refractivity (Wildman–Crippen MR) is 340 cm³/mol. The van der Waals surface area contributed by atoms with Crippen LogP contribution in [0.1, 0.15) is 150 Å². The van der Waals surface area contributed by atoms with Crippen molar-refractivity contribution in [1.29, 1.82) is 0 Å². The number of hydrogen-bond donors (Lipinski definition) is 8. The average Bonchev–Trinajstić information content (AvgIpc) is 0.936. The van der Waals surface area contributed by atoms with Crippen LogP contribution in [0.2, 0.25) is 0 Å². The normalized spacial score (nSPS) is 21.3. The first-order valence-electron chi connectivity index (χ1n) is 31.3. The van der Waals surface area contributed by atoms with Crippen LogP contribution in [-0.4, -0.2) is 131 Å². The summed E-state index contributed by atoms with van der Waals surface area (Å²) in [4.78, 5) is 134.